The molecule has 21 heavy (non-hydrogen) atoms. The van der Waals surface area contributed by atoms with E-state index >= 15 is 0 Å². The van der Waals surface area contributed by atoms with E-state index in [9.17, 15) is 14.7 Å². The van der Waals surface area contributed by atoms with Gasteiger partial charge in [0.25, 0.3) is 0 Å². The maximum atomic E-state index is 11.7. The zero-order chi connectivity index (χ0) is 15.8. The van der Waals surface area contributed by atoms with Crippen molar-refractivity contribution >= 4 is 23.5 Å². The van der Waals surface area contributed by atoms with Crippen molar-refractivity contribution in [3.63, 3.8) is 0 Å². The van der Waals surface area contributed by atoms with Gasteiger partial charge in [-0.2, -0.15) is 0 Å². The van der Waals surface area contributed by atoms with Crippen LogP contribution in [0.1, 0.15) is 32.3 Å². The summed E-state index contributed by atoms with van der Waals surface area (Å²) < 4.78 is 4.84. The van der Waals surface area contributed by atoms with Crippen molar-refractivity contribution in [1.82, 2.24) is 0 Å². The zero-order valence-electron chi connectivity index (χ0n) is 12.3. The second-order valence-corrected chi connectivity index (χ2v) is 5.42. The van der Waals surface area contributed by atoms with Crippen molar-refractivity contribution in [2.45, 2.75) is 33.1 Å². The summed E-state index contributed by atoms with van der Waals surface area (Å²) >= 11 is 5.85. The lowest BCUT2D eigenvalue weighted by Gasteiger charge is -2.19. The third-order valence-electron chi connectivity index (χ3n) is 3.45. The van der Waals surface area contributed by atoms with Gasteiger partial charge in [0, 0.05) is 5.02 Å². The number of aliphatic carboxylic acids is 1. The molecule has 1 aromatic carbocycles. The largest absolute Gasteiger partial charge is 0.481 e. The van der Waals surface area contributed by atoms with E-state index in [1.807, 2.05) is 31.2 Å². The van der Waals surface area contributed by atoms with Crippen molar-refractivity contribution in [3.8, 4) is 0 Å². The van der Waals surface area contributed by atoms with Crippen LogP contribution in [0.5, 0.6) is 0 Å². The second kappa shape index (κ2) is 8.67. The van der Waals surface area contributed by atoms with Gasteiger partial charge >= 0.3 is 11.9 Å². The number of carboxylic acids is 1. The van der Waals surface area contributed by atoms with Crippen LogP contribution in [0.25, 0.3) is 0 Å². The fourth-order valence-corrected chi connectivity index (χ4v) is 2.35. The lowest BCUT2D eigenvalue weighted by atomic mass is 9.87. The van der Waals surface area contributed by atoms with E-state index < -0.39 is 17.9 Å². The lowest BCUT2D eigenvalue weighted by molar-refractivity contribution is -0.159. The number of halogens is 1. The van der Waals surface area contributed by atoms with Gasteiger partial charge in [0.15, 0.2) is 5.92 Å². The molecule has 0 radical (unpaired) electrons. The van der Waals surface area contributed by atoms with Crippen LogP contribution in [0.2, 0.25) is 5.02 Å². The molecule has 2 unspecified atom stereocenters. The number of esters is 1. The van der Waals surface area contributed by atoms with Gasteiger partial charge in [-0.15, -0.1) is 0 Å². The highest BCUT2D eigenvalue weighted by Gasteiger charge is 2.30. The maximum Gasteiger partial charge on any atom is 0.320 e. The molecule has 0 saturated carbocycles. The Hall–Kier alpha value is -1.55. The molecule has 0 amide bonds. The highest BCUT2D eigenvalue weighted by molar-refractivity contribution is 6.30. The number of carbonyl (C=O) groups is 2. The summed E-state index contributed by atoms with van der Waals surface area (Å²) in [6, 6.07) is 7.46. The van der Waals surface area contributed by atoms with Crippen molar-refractivity contribution in [1.29, 1.82) is 0 Å². The molecule has 1 rings (SSSR count). The molecule has 0 saturated heterocycles. The molecule has 1 N–H and O–H groups in total. The first-order valence-corrected chi connectivity index (χ1v) is 7.49. The number of rotatable bonds is 8. The van der Waals surface area contributed by atoms with E-state index in [4.69, 9.17) is 16.3 Å². The summed E-state index contributed by atoms with van der Waals surface area (Å²) in [4.78, 5) is 23.0. The minimum Gasteiger partial charge on any atom is -0.481 e. The highest BCUT2D eigenvalue weighted by Crippen LogP contribution is 2.23. The zero-order valence-corrected chi connectivity index (χ0v) is 13.1. The van der Waals surface area contributed by atoms with Crippen LogP contribution >= 0.6 is 11.6 Å². The standard InChI is InChI=1S/C16H21ClO4/c1-3-11(9-12-5-7-13(17)8-6-12)10-14(15(18)19)16(20)21-4-2/h5-8,11,14H,3-4,9-10H2,1-2H3,(H,18,19). The van der Waals surface area contributed by atoms with Gasteiger partial charge in [-0.1, -0.05) is 37.1 Å². The van der Waals surface area contributed by atoms with Crippen molar-refractivity contribution in [2.75, 3.05) is 6.61 Å². The Morgan fingerprint density at radius 1 is 1.24 bits per heavy atom. The van der Waals surface area contributed by atoms with Gasteiger partial charge in [-0.3, -0.25) is 9.59 Å². The summed E-state index contributed by atoms with van der Waals surface area (Å²) in [5.41, 5.74) is 1.08. The number of hydrogen-bond donors (Lipinski definition) is 1. The molecule has 0 aliphatic rings. The van der Waals surface area contributed by atoms with Gasteiger partial charge in [0.2, 0.25) is 0 Å². The Morgan fingerprint density at radius 3 is 2.33 bits per heavy atom. The molecule has 5 heteroatoms. The predicted octanol–water partition coefficient (Wildman–Crippen LogP) is 3.56. The molecular formula is C16H21ClO4. The summed E-state index contributed by atoms with van der Waals surface area (Å²) in [6.45, 7) is 3.85. The second-order valence-electron chi connectivity index (χ2n) is 4.98. The molecule has 0 aliphatic heterocycles. The van der Waals surface area contributed by atoms with E-state index in [0.717, 1.165) is 18.4 Å². The third-order valence-corrected chi connectivity index (χ3v) is 3.71. The predicted molar refractivity (Wildman–Crippen MR) is 81.3 cm³/mol. The van der Waals surface area contributed by atoms with Gasteiger partial charge in [0.1, 0.15) is 0 Å². The third kappa shape index (κ3) is 5.76. The fourth-order valence-electron chi connectivity index (χ4n) is 2.22. The lowest BCUT2D eigenvalue weighted by Crippen LogP contribution is -2.28. The Morgan fingerprint density at radius 2 is 1.86 bits per heavy atom. The number of ether oxygens (including phenoxy) is 1. The van der Waals surface area contributed by atoms with Crippen LogP contribution < -0.4 is 0 Å². The minimum atomic E-state index is -1.12. The van der Waals surface area contributed by atoms with Crippen LogP contribution in [0.4, 0.5) is 0 Å². The average molecular weight is 313 g/mol. The monoisotopic (exact) mass is 312 g/mol. The van der Waals surface area contributed by atoms with Crippen LogP contribution in [0.15, 0.2) is 24.3 Å². The summed E-state index contributed by atoms with van der Waals surface area (Å²) in [6.07, 6.45) is 1.80. The molecule has 116 valence electrons. The first-order valence-electron chi connectivity index (χ1n) is 7.11. The van der Waals surface area contributed by atoms with Crippen LogP contribution in [0, 0.1) is 11.8 Å². The van der Waals surface area contributed by atoms with Gasteiger partial charge in [-0.25, -0.2) is 0 Å². The summed E-state index contributed by atoms with van der Waals surface area (Å²) in [5, 5.41) is 9.87. The molecule has 0 aliphatic carbocycles. The Labute approximate surface area is 130 Å². The Kier molecular flexibility index (Phi) is 7.23. The van der Waals surface area contributed by atoms with Crippen molar-refractivity contribution in [3.05, 3.63) is 34.9 Å². The number of hydrogen-bond acceptors (Lipinski definition) is 3. The highest BCUT2D eigenvalue weighted by atomic mass is 35.5. The van der Waals surface area contributed by atoms with E-state index in [1.165, 1.54) is 0 Å². The quantitative estimate of drug-likeness (QED) is 0.589. The molecule has 0 heterocycles. The molecule has 0 bridgehead atoms. The smallest absolute Gasteiger partial charge is 0.320 e. The first-order chi connectivity index (χ1) is 9.97. The van der Waals surface area contributed by atoms with E-state index in [1.54, 1.807) is 6.92 Å². The summed E-state index contributed by atoms with van der Waals surface area (Å²) in [5.74, 6) is -2.76. The van der Waals surface area contributed by atoms with Crippen LogP contribution in [-0.2, 0) is 20.7 Å². The van der Waals surface area contributed by atoms with E-state index in [0.29, 0.717) is 5.02 Å². The number of carbonyl (C=O) groups excluding carboxylic acids is 1. The SMILES string of the molecule is CCOC(=O)C(CC(CC)Cc1ccc(Cl)cc1)C(=O)O. The molecule has 1 aromatic rings. The van der Waals surface area contributed by atoms with Crippen LogP contribution in [0.3, 0.4) is 0 Å². The van der Waals surface area contributed by atoms with Crippen molar-refractivity contribution < 1.29 is 19.4 Å². The fraction of sp³-hybridized carbons (Fsp3) is 0.500. The van der Waals surface area contributed by atoms with Gasteiger partial charge < -0.3 is 9.84 Å². The normalized spacial score (nSPS) is 13.5. The van der Waals surface area contributed by atoms with Gasteiger partial charge in [0.05, 0.1) is 6.61 Å². The Balaban J connectivity index is 2.72. The van der Waals surface area contributed by atoms with Crippen molar-refractivity contribution in [2.24, 2.45) is 11.8 Å². The number of carboxylic acid groups (broad SMARTS) is 1. The van der Waals surface area contributed by atoms with Crippen LogP contribution in [-0.4, -0.2) is 23.7 Å². The van der Waals surface area contributed by atoms with E-state index in [2.05, 4.69) is 0 Å². The molecule has 0 aromatic heterocycles. The summed E-state index contributed by atoms with van der Waals surface area (Å²) in [7, 11) is 0. The molecule has 0 fully saturated rings. The first kappa shape index (κ1) is 17.5. The molecular weight excluding hydrogens is 292 g/mol. The molecule has 2 atom stereocenters. The minimum absolute atomic E-state index is 0.108. The topological polar surface area (TPSA) is 63.6 Å². The molecule has 0 spiro atoms. The number of benzene rings is 1. The van der Waals surface area contributed by atoms with E-state index in [-0.39, 0.29) is 18.9 Å². The molecule has 4 nitrogen and oxygen atoms in total. The Bertz CT molecular complexity index is 470. The van der Waals surface area contributed by atoms with Gasteiger partial charge in [-0.05, 0) is 43.4 Å². The maximum absolute atomic E-state index is 11.7. The average Bonchev–Trinajstić information content (AvgIpc) is 2.45.